The van der Waals surface area contributed by atoms with Crippen LogP contribution in [0.25, 0.3) is 5.69 Å². The molecule has 2 aromatic rings. The van der Waals surface area contributed by atoms with Crippen LogP contribution in [-0.2, 0) is 11.0 Å². The summed E-state index contributed by atoms with van der Waals surface area (Å²) in [5, 5.41) is 12.8. The highest BCUT2D eigenvalue weighted by atomic mass is 35.5. The standard InChI is InChI=1S/C27H33F5N4O3.ClH/c1-17(37)13-19(9-12-35-11-4-10-26(28,29)16-35)33-25(39)22-15-36(24(34-22)18-7-8-20(38)14-18)23-6-3-2-5-21(23)27(30,31)32;/h2-3,5-6,15,18-20,38H,4,7-14,16H2,1H3,(H,33,39);1H/t18?,19-,20-;/m0./s1. The summed E-state index contributed by atoms with van der Waals surface area (Å²) in [6.45, 7) is 1.73. The summed E-state index contributed by atoms with van der Waals surface area (Å²) >= 11 is 0. The van der Waals surface area contributed by atoms with Crippen LogP contribution in [0.5, 0.6) is 0 Å². The van der Waals surface area contributed by atoms with Crippen molar-refractivity contribution >= 4 is 24.1 Å². The summed E-state index contributed by atoms with van der Waals surface area (Å²) in [6.07, 6.45) is -2.32. The Morgan fingerprint density at radius 2 is 1.95 bits per heavy atom. The molecule has 7 nitrogen and oxygen atoms in total. The fourth-order valence-electron chi connectivity index (χ4n) is 5.51. The highest BCUT2D eigenvalue weighted by Gasteiger charge is 2.37. The number of piperidine rings is 1. The minimum atomic E-state index is -4.65. The SMILES string of the molecule is CC(=O)C[C@H](CCN1CCCC(F)(F)C1)NC(=O)c1cn(-c2ccccc2C(F)(F)F)c(C2CC[C@H](O)C2)n1.Cl. The number of nitrogens with zero attached hydrogens (tertiary/aromatic N) is 3. The van der Waals surface area contributed by atoms with Crippen molar-refractivity contribution in [3.63, 3.8) is 0 Å². The lowest BCUT2D eigenvalue weighted by atomic mass is 10.0. The Kier molecular flexibility index (Phi) is 10.3. The maximum atomic E-state index is 13.8. The first-order valence-corrected chi connectivity index (χ1v) is 13.2. The van der Waals surface area contributed by atoms with Gasteiger partial charge < -0.3 is 15.0 Å². The molecule has 13 heteroatoms. The van der Waals surface area contributed by atoms with E-state index in [-0.39, 0.29) is 73.7 Å². The zero-order valence-electron chi connectivity index (χ0n) is 22.1. The number of aliphatic hydroxyl groups excluding tert-OH is 1. The van der Waals surface area contributed by atoms with Crippen LogP contribution in [0.2, 0.25) is 0 Å². The Balaban J connectivity index is 0.00000441. The summed E-state index contributed by atoms with van der Waals surface area (Å²) in [7, 11) is 0. The zero-order chi connectivity index (χ0) is 28.4. The van der Waals surface area contributed by atoms with E-state index in [1.807, 2.05) is 0 Å². The van der Waals surface area contributed by atoms with Crippen molar-refractivity contribution in [2.75, 3.05) is 19.6 Å². The maximum absolute atomic E-state index is 13.8. The van der Waals surface area contributed by atoms with Crippen LogP contribution in [0.1, 0.15) is 79.7 Å². The molecule has 1 aliphatic heterocycles. The number of imidazole rings is 1. The van der Waals surface area contributed by atoms with Crippen molar-refractivity contribution in [1.82, 2.24) is 19.8 Å². The summed E-state index contributed by atoms with van der Waals surface area (Å²) in [5.74, 6) is -3.76. The van der Waals surface area contributed by atoms with Crippen molar-refractivity contribution in [2.45, 2.75) is 82.0 Å². The number of para-hydroxylation sites is 1. The lowest BCUT2D eigenvalue weighted by Crippen LogP contribution is -2.45. The van der Waals surface area contributed by atoms with E-state index in [1.54, 1.807) is 4.90 Å². The van der Waals surface area contributed by atoms with Crippen molar-refractivity contribution in [2.24, 2.45) is 0 Å². The van der Waals surface area contributed by atoms with Gasteiger partial charge in [-0.3, -0.25) is 14.5 Å². The number of aliphatic hydroxyl groups is 1. The van der Waals surface area contributed by atoms with Gasteiger partial charge in [0.05, 0.1) is 23.9 Å². The summed E-state index contributed by atoms with van der Waals surface area (Å²) in [6, 6.07) is 4.34. The van der Waals surface area contributed by atoms with E-state index < -0.39 is 35.7 Å². The molecule has 2 fully saturated rings. The molecule has 3 atom stereocenters. The molecule has 0 bridgehead atoms. The van der Waals surface area contributed by atoms with Gasteiger partial charge in [0.15, 0.2) is 0 Å². The van der Waals surface area contributed by atoms with E-state index >= 15 is 0 Å². The monoisotopic (exact) mass is 592 g/mol. The number of hydrogen-bond acceptors (Lipinski definition) is 5. The van der Waals surface area contributed by atoms with Gasteiger partial charge in [-0.05, 0) is 57.7 Å². The molecule has 1 unspecified atom stereocenters. The maximum Gasteiger partial charge on any atom is 0.418 e. The van der Waals surface area contributed by atoms with Crippen molar-refractivity contribution < 1.29 is 36.6 Å². The average molecular weight is 593 g/mol. The number of nitrogens with one attached hydrogen (secondary N) is 1. The molecule has 2 aliphatic rings. The number of halogens is 6. The average Bonchev–Trinajstić information content (AvgIpc) is 3.47. The largest absolute Gasteiger partial charge is 0.418 e. The molecular formula is C27H34ClF5N4O3. The molecular weight excluding hydrogens is 559 g/mol. The number of rotatable bonds is 9. The van der Waals surface area contributed by atoms with Crippen LogP contribution in [0.4, 0.5) is 22.0 Å². The minimum Gasteiger partial charge on any atom is -0.393 e. The number of likely N-dealkylation sites (tertiary alicyclic amines) is 1. The number of benzene rings is 1. The van der Waals surface area contributed by atoms with Gasteiger partial charge in [0, 0.05) is 37.5 Å². The first kappa shape index (κ1) is 32.0. The highest BCUT2D eigenvalue weighted by molar-refractivity contribution is 5.93. The molecule has 1 aromatic heterocycles. The molecule has 40 heavy (non-hydrogen) atoms. The van der Waals surface area contributed by atoms with Gasteiger partial charge in [-0.2, -0.15) is 13.2 Å². The Morgan fingerprint density at radius 3 is 2.58 bits per heavy atom. The first-order chi connectivity index (χ1) is 18.3. The molecule has 0 radical (unpaired) electrons. The van der Waals surface area contributed by atoms with E-state index in [0.29, 0.717) is 32.2 Å². The molecule has 1 amide bonds. The normalized spacial score (nSPS) is 22.0. The second kappa shape index (κ2) is 12.9. The molecule has 1 aromatic carbocycles. The predicted octanol–water partition coefficient (Wildman–Crippen LogP) is 5.14. The second-order valence-electron chi connectivity index (χ2n) is 10.6. The van der Waals surface area contributed by atoms with Gasteiger partial charge >= 0.3 is 6.18 Å². The number of amides is 1. The van der Waals surface area contributed by atoms with E-state index in [9.17, 15) is 36.6 Å². The van der Waals surface area contributed by atoms with Crippen LogP contribution < -0.4 is 5.32 Å². The van der Waals surface area contributed by atoms with Crippen LogP contribution in [0.15, 0.2) is 30.5 Å². The van der Waals surface area contributed by atoms with Crippen molar-refractivity contribution in [1.29, 1.82) is 0 Å². The molecule has 222 valence electrons. The summed E-state index contributed by atoms with van der Waals surface area (Å²) in [5.41, 5.74) is -1.19. The van der Waals surface area contributed by atoms with E-state index in [2.05, 4.69) is 10.3 Å². The number of hydrogen-bond donors (Lipinski definition) is 2. The predicted molar refractivity (Wildman–Crippen MR) is 140 cm³/mol. The fourth-order valence-corrected chi connectivity index (χ4v) is 5.51. The zero-order valence-corrected chi connectivity index (χ0v) is 22.9. The number of aromatic nitrogens is 2. The molecule has 0 spiro atoms. The van der Waals surface area contributed by atoms with E-state index in [1.165, 1.54) is 35.9 Å². The number of alkyl halides is 5. The minimum absolute atomic E-state index is 0. The van der Waals surface area contributed by atoms with Gasteiger partial charge in [-0.25, -0.2) is 13.8 Å². The van der Waals surface area contributed by atoms with E-state index in [4.69, 9.17) is 0 Å². The molecule has 2 heterocycles. The summed E-state index contributed by atoms with van der Waals surface area (Å²) in [4.78, 5) is 31.1. The van der Waals surface area contributed by atoms with Crippen LogP contribution in [0.3, 0.4) is 0 Å². The van der Waals surface area contributed by atoms with Gasteiger partial charge in [-0.1, -0.05) is 12.1 Å². The lowest BCUT2D eigenvalue weighted by molar-refractivity contribution is -0.137. The Labute approximate surface area is 235 Å². The molecule has 1 saturated heterocycles. The topological polar surface area (TPSA) is 87.5 Å². The van der Waals surface area contributed by atoms with Crippen LogP contribution in [0, 0.1) is 0 Å². The third-order valence-electron chi connectivity index (χ3n) is 7.34. The summed E-state index contributed by atoms with van der Waals surface area (Å²) < 4.78 is 70.3. The van der Waals surface area contributed by atoms with Gasteiger partial charge in [-0.15, -0.1) is 12.4 Å². The quantitative estimate of drug-likeness (QED) is 0.394. The lowest BCUT2D eigenvalue weighted by Gasteiger charge is -2.33. The number of Topliss-reactive ketones (excluding diaryl/α,β-unsaturated/α-hetero) is 1. The fraction of sp³-hybridized carbons (Fsp3) is 0.593. The van der Waals surface area contributed by atoms with Gasteiger partial charge in [0.2, 0.25) is 0 Å². The van der Waals surface area contributed by atoms with E-state index in [0.717, 1.165) is 6.07 Å². The molecule has 1 saturated carbocycles. The smallest absolute Gasteiger partial charge is 0.393 e. The second-order valence-corrected chi connectivity index (χ2v) is 10.6. The Hall–Kier alpha value is -2.57. The van der Waals surface area contributed by atoms with Gasteiger partial charge in [0.25, 0.3) is 11.8 Å². The van der Waals surface area contributed by atoms with Crippen LogP contribution in [-0.4, -0.2) is 69.0 Å². The first-order valence-electron chi connectivity index (χ1n) is 13.2. The van der Waals surface area contributed by atoms with Crippen molar-refractivity contribution in [3.8, 4) is 5.69 Å². The molecule has 1 aliphatic carbocycles. The Morgan fingerprint density at radius 1 is 1.23 bits per heavy atom. The molecule has 4 rings (SSSR count). The number of carbonyl (C=O) groups excluding carboxylic acids is 2. The highest BCUT2D eigenvalue weighted by Crippen LogP contribution is 2.38. The van der Waals surface area contributed by atoms with Gasteiger partial charge in [0.1, 0.15) is 17.3 Å². The van der Waals surface area contributed by atoms with Crippen LogP contribution >= 0.6 is 12.4 Å². The number of carbonyl (C=O) groups is 2. The van der Waals surface area contributed by atoms with Crippen molar-refractivity contribution in [3.05, 3.63) is 47.5 Å². The third-order valence-corrected chi connectivity index (χ3v) is 7.34. The number of ketones is 1. The third kappa shape index (κ3) is 8.01. The molecule has 2 N–H and O–H groups in total. The Bertz CT molecular complexity index is 1190.